The molecule has 1 heterocycles. The van der Waals surface area contributed by atoms with Crippen LogP contribution in [0.15, 0.2) is 23.4 Å². The standard InChI is InChI=1S/C15H21N3O2S/c1-18(14-7-3-2-4-8-14)21(19,20)15-10-13(6-5-9-16)11-17-12-15/h10-12,14H,2-4,7-9,16H2,1H3. The van der Waals surface area contributed by atoms with Crippen LogP contribution in [0.3, 0.4) is 0 Å². The normalized spacial score (nSPS) is 16.5. The Hall–Kier alpha value is -1.42. The predicted octanol–water partition coefficient (Wildman–Crippen LogP) is 1.34. The Morgan fingerprint density at radius 1 is 1.33 bits per heavy atom. The Bertz CT molecular complexity index is 640. The van der Waals surface area contributed by atoms with Crippen LogP contribution >= 0.6 is 0 Å². The molecule has 1 aliphatic rings. The molecule has 0 amide bonds. The summed E-state index contributed by atoms with van der Waals surface area (Å²) < 4.78 is 26.8. The molecule has 0 radical (unpaired) electrons. The quantitative estimate of drug-likeness (QED) is 0.855. The lowest BCUT2D eigenvalue weighted by Crippen LogP contribution is -2.38. The summed E-state index contributed by atoms with van der Waals surface area (Å²) in [4.78, 5) is 4.18. The van der Waals surface area contributed by atoms with Crippen LogP contribution in [0.4, 0.5) is 0 Å². The van der Waals surface area contributed by atoms with Crippen LogP contribution in [-0.2, 0) is 10.0 Å². The highest BCUT2D eigenvalue weighted by Gasteiger charge is 2.29. The summed E-state index contributed by atoms with van der Waals surface area (Å²) in [7, 11) is -1.86. The molecule has 0 saturated heterocycles. The Kier molecular flexibility index (Phi) is 5.34. The molecule has 0 aliphatic heterocycles. The van der Waals surface area contributed by atoms with Crippen LogP contribution in [0.5, 0.6) is 0 Å². The Balaban J connectivity index is 2.26. The molecule has 0 unspecified atom stereocenters. The third-order valence-corrected chi connectivity index (χ3v) is 5.69. The van der Waals surface area contributed by atoms with Gasteiger partial charge in [-0.2, -0.15) is 4.31 Å². The summed E-state index contributed by atoms with van der Waals surface area (Å²) in [6.45, 7) is 0.235. The first-order valence-electron chi connectivity index (χ1n) is 7.17. The molecule has 2 rings (SSSR count). The largest absolute Gasteiger partial charge is 0.320 e. The van der Waals surface area contributed by atoms with Crippen molar-refractivity contribution in [3.05, 3.63) is 24.0 Å². The van der Waals surface area contributed by atoms with Crippen molar-refractivity contribution in [2.75, 3.05) is 13.6 Å². The van der Waals surface area contributed by atoms with E-state index in [9.17, 15) is 8.42 Å². The third-order valence-electron chi connectivity index (χ3n) is 3.81. The van der Waals surface area contributed by atoms with E-state index in [1.54, 1.807) is 19.3 Å². The first kappa shape index (κ1) is 16.0. The SMILES string of the molecule is CN(C1CCCCC1)S(=O)(=O)c1cncc(C#CCN)c1. The molecule has 1 saturated carbocycles. The van der Waals surface area contributed by atoms with E-state index in [4.69, 9.17) is 5.73 Å². The van der Waals surface area contributed by atoms with Crippen molar-refractivity contribution in [3.8, 4) is 11.8 Å². The summed E-state index contributed by atoms with van der Waals surface area (Å²) in [5.74, 6) is 5.52. The highest BCUT2D eigenvalue weighted by Crippen LogP contribution is 2.26. The van der Waals surface area contributed by atoms with Crippen LogP contribution in [0.1, 0.15) is 37.7 Å². The van der Waals surface area contributed by atoms with Gasteiger partial charge in [0, 0.05) is 31.0 Å². The van der Waals surface area contributed by atoms with Crippen LogP contribution in [0.2, 0.25) is 0 Å². The lowest BCUT2D eigenvalue weighted by atomic mass is 9.96. The van der Waals surface area contributed by atoms with Crippen LogP contribution < -0.4 is 5.73 Å². The third kappa shape index (κ3) is 3.82. The number of nitrogens with zero attached hydrogens (tertiary/aromatic N) is 2. The second kappa shape index (κ2) is 7.03. The van der Waals surface area contributed by atoms with Crippen molar-refractivity contribution in [3.63, 3.8) is 0 Å². The highest BCUT2D eigenvalue weighted by molar-refractivity contribution is 7.89. The van der Waals surface area contributed by atoms with Gasteiger partial charge in [-0.1, -0.05) is 31.1 Å². The summed E-state index contributed by atoms with van der Waals surface area (Å²) in [5.41, 5.74) is 5.89. The van der Waals surface area contributed by atoms with Gasteiger partial charge in [-0.3, -0.25) is 4.98 Å². The minimum absolute atomic E-state index is 0.0857. The van der Waals surface area contributed by atoms with Crippen LogP contribution in [0, 0.1) is 11.8 Å². The number of hydrogen-bond donors (Lipinski definition) is 1. The number of nitrogens with two attached hydrogens (primary N) is 1. The smallest absolute Gasteiger partial charge is 0.244 e. The van der Waals surface area contributed by atoms with Crippen molar-refractivity contribution in [2.45, 2.75) is 43.0 Å². The molecule has 1 aliphatic carbocycles. The molecule has 1 aromatic rings. The second-order valence-corrected chi connectivity index (χ2v) is 7.23. The number of rotatable bonds is 3. The van der Waals surface area contributed by atoms with Gasteiger partial charge in [-0.25, -0.2) is 8.42 Å². The maximum Gasteiger partial charge on any atom is 0.244 e. The number of sulfonamides is 1. The van der Waals surface area contributed by atoms with E-state index < -0.39 is 10.0 Å². The molecule has 1 fully saturated rings. The monoisotopic (exact) mass is 307 g/mol. The molecular weight excluding hydrogens is 286 g/mol. The minimum Gasteiger partial charge on any atom is -0.320 e. The highest BCUT2D eigenvalue weighted by atomic mass is 32.2. The first-order chi connectivity index (χ1) is 10.1. The molecule has 0 atom stereocenters. The minimum atomic E-state index is -3.51. The van der Waals surface area contributed by atoms with Crippen molar-refractivity contribution in [1.82, 2.24) is 9.29 Å². The average molecular weight is 307 g/mol. The molecule has 0 aromatic carbocycles. The zero-order chi connectivity index (χ0) is 15.3. The van der Waals surface area contributed by atoms with Crippen molar-refractivity contribution < 1.29 is 8.42 Å². The van der Waals surface area contributed by atoms with E-state index in [-0.39, 0.29) is 17.5 Å². The fourth-order valence-corrected chi connectivity index (χ4v) is 3.99. The van der Waals surface area contributed by atoms with Gasteiger partial charge in [0.2, 0.25) is 10.0 Å². The van der Waals surface area contributed by atoms with Crippen molar-refractivity contribution in [1.29, 1.82) is 0 Å². The number of pyridine rings is 1. The Morgan fingerprint density at radius 2 is 2.05 bits per heavy atom. The zero-order valence-electron chi connectivity index (χ0n) is 12.2. The molecule has 2 N–H and O–H groups in total. The fraction of sp³-hybridized carbons (Fsp3) is 0.533. The molecule has 5 nitrogen and oxygen atoms in total. The molecule has 114 valence electrons. The van der Waals surface area contributed by atoms with Crippen LogP contribution in [-0.4, -0.2) is 37.3 Å². The van der Waals surface area contributed by atoms with E-state index in [0.29, 0.717) is 5.56 Å². The number of aromatic nitrogens is 1. The van der Waals surface area contributed by atoms with E-state index in [0.717, 1.165) is 25.7 Å². The van der Waals surface area contributed by atoms with Gasteiger partial charge in [0.05, 0.1) is 6.54 Å². The molecular formula is C15H21N3O2S. The maximum atomic E-state index is 12.7. The molecule has 1 aromatic heterocycles. The van der Waals surface area contributed by atoms with Crippen molar-refractivity contribution in [2.24, 2.45) is 5.73 Å². The van der Waals surface area contributed by atoms with Crippen molar-refractivity contribution >= 4 is 10.0 Å². The molecule has 21 heavy (non-hydrogen) atoms. The summed E-state index contributed by atoms with van der Waals surface area (Å²) in [6, 6.07) is 1.65. The number of hydrogen-bond acceptors (Lipinski definition) is 4. The predicted molar refractivity (Wildman–Crippen MR) is 82.0 cm³/mol. The molecule has 0 bridgehead atoms. The molecule has 0 spiro atoms. The topological polar surface area (TPSA) is 76.3 Å². The summed E-state index contributed by atoms with van der Waals surface area (Å²) in [5, 5.41) is 0. The summed E-state index contributed by atoms with van der Waals surface area (Å²) >= 11 is 0. The average Bonchev–Trinajstić information content (AvgIpc) is 2.53. The van der Waals surface area contributed by atoms with Gasteiger partial charge < -0.3 is 5.73 Å². The van der Waals surface area contributed by atoms with Gasteiger partial charge >= 0.3 is 0 Å². The Labute approximate surface area is 126 Å². The van der Waals surface area contributed by atoms with E-state index in [1.165, 1.54) is 16.9 Å². The van der Waals surface area contributed by atoms with Gasteiger partial charge in [-0.15, -0.1) is 0 Å². The van der Waals surface area contributed by atoms with E-state index >= 15 is 0 Å². The van der Waals surface area contributed by atoms with E-state index in [1.807, 2.05) is 0 Å². The lowest BCUT2D eigenvalue weighted by Gasteiger charge is -2.30. The Morgan fingerprint density at radius 3 is 2.71 bits per heavy atom. The van der Waals surface area contributed by atoms with Crippen LogP contribution in [0.25, 0.3) is 0 Å². The second-order valence-electron chi connectivity index (χ2n) is 5.23. The van der Waals surface area contributed by atoms with Gasteiger partial charge in [-0.05, 0) is 18.9 Å². The maximum absolute atomic E-state index is 12.7. The first-order valence-corrected chi connectivity index (χ1v) is 8.61. The van der Waals surface area contributed by atoms with Gasteiger partial charge in [0.25, 0.3) is 0 Å². The van der Waals surface area contributed by atoms with Gasteiger partial charge in [0.1, 0.15) is 4.90 Å². The lowest BCUT2D eigenvalue weighted by molar-refractivity contribution is 0.286. The fourth-order valence-electron chi connectivity index (χ4n) is 2.59. The molecule has 6 heteroatoms. The summed E-state index contributed by atoms with van der Waals surface area (Å²) in [6.07, 6.45) is 8.14. The zero-order valence-corrected chi connectivity index (χ0v) is 13.1. The van der Waals surface area contributed by atoms with Gasteiger partial charge in [0.15, 0.2) is 0 Å². The van der Waals surface area contributed by atoms with E-state index in [2.05, 4.69) is 16.8 Å².